The van der Waals surface area contributed by atoms with Gasteiger partial charge in [0.15, 0.2) is 0 Å². The molecule has 0 saturated carbocycles. The van der Waals surface area contributed by atoms with Crippen LogP contribution in [0, 0.1) is 5.82 Å². The summed E-state index contributed by atoms with van der Waals surface area (Å²) < 4.78 is 14.3. The van der Waals surface area contributed by atoms with Gasteiger partial charge in [-0.25, -0.2) is 14.9 Å². The molecule has 0 bridgehead atoms. The molecular weight excluding hydrogens is 301 g/mol. The Balaban J connectivity index is 2.04. The number of hydrogen-bond donors (Lipinski definition) is 2. The number of nitrogens with one attached hydrogen (secondary N) is 1. The smallest absolute Gasteiger partial charge is 0.274 e. The molecule has 23 heavy (non-hydrogen) atoms. The first-order valence-corrected chi connectivity index (χ1v) is 6.76. The molecule has 6 nitrogen and oxygen atoms in total. The van der Waals surface area contributed by atoms with Crippen molar-refractivity contribution in [2.75, 3.05) is 0 Å². The predicted octanol–water partition coefficient (Wildman–Crippen LogP) is 1.70. The maximum absolute atomic E-state index is 12.9. The summed E-state index contributed by atoms with van der Waals surface area (Å²) in [5, 5.41) is 8.93. The summed E-state index contributed by atoms with van der Waals surface area (Å²) in [6.07, 6.45) is 1.40. The van der Waals surface area contributed by atoms with Crippen molar-refractivity contribution in [3.63, 3.8) is 0 Å². The van der Waals surface area contributed by atoms with Gasteiger partial charge in [-0.15, -0.1) is 0 Å². The molecule has 3 rings (SSSR count). The highest BCUT2D eigenvalue weighted by atomic mass is 19.1. The number of aromatic nitrogens is 2. The fourth-order valence-corrected chi connectivity index (χ4v) is 2.26. The fourth-order valence-electron chi connectivity index (χ4n) is 2.26. The molecule has 0 aliphatic carbocycles. The molecule has 116 valence electrons. The molecule has 1 amide bonds. The van der Waals surface area contributed by atoms with Crippen LogP contribution in [0.25, 0.3) is 10.9 Å². The summed E-state index contributed by atoms with van der Waals surface area (Å²) in [4.78, 5) is 28.1. The molecule has 2 aromatic carbocycles. The lowest BCUT2D eigenvalue weighted by Gasteiger charge is -2.07. The van der Waals surface area contributed by atoms with Crippen molar-refractivity contribution in [1.82, 2.24) is 15.0 Å². The van der Waals surface area contributed by atoms with Crippen LogP contribution in [0.5, 0.6) is 0 Å². The molecule has 0 saturated heterocycles. The third kappa shape index (κ3) is 2.95. The van der Waals surface area contributed by atoms with Gasteiger partial charge in [-0.2, -0.15) is 0 Å². The quantitative estimate of drug-likeness (QED) is 0.569. The second-order valence-electron chi connectivity index (χ2n) is 4.98. The van der Waals surface area contributed by atoms with E-state index in [9.17, 15) is 14.0 Å². The van der Waals surface area contributed by atoms with E-state index in [0.717, 1.165) is 5.56 Å². The number of hydroxylamine groups is 1. The predicted molar refractivity (Wildman–Crippen MR) is 80.8 cm³/mol. The summed E-state index contributed by atoms with van der Waals surface area (Å²) in [5.41, 5.74) is 2.54. The number of carbonyl (C=O) groups excluding carboxylic acids is 1. The topological polar surface area (TPSA) is 84.2 Å². The van der Waals surface area contributed by atoms with Crippen LogP contribution in [0.3, 0.4) is 0 Å². The van der Waals surface area contributed by atoms with Crippen molar-refractivity contribution in [3.8, 4) is 0 Å². The van der Waals surface area contributed by atoms with E-state index < -0.39 is 5.91 Å². The van der Waals surface area contributed by atoms with Crippen LogP contribution < -0.4 is 11.0 Å². The van der Waals surface area contributed by atoms with E-state index in [0.29, 0.717) is 5.52 Å². The van der Waals surface area contributed by atoms with Crippen LogP contribution in [-0.2, 0) is 6.54 Å². The first-order valence-electron chi connectivity index (χ1n) is 6.76. The van der Waals surface area contributed by atoms with Crippen molar-refractivity contribution >= 4 is 16.8 Å². The number of halogens is 1. The number of amides is 1. The fraction of sp³-hybridized carbons (Fsp3) is 0.0625. The van der Waals surface area contributed by atoms with Gasteiger partial charge in [0.2, 0.25) is 0 Å². The number of hydrogen-bond acceptors (Lipinski definition) is 4. The molecule has 3 aromatic rings. The standard InChI is InChI=1S/C16H12FN3O3/c17-12-4-1-10(2-5-12)8-20-9-18-14-6-3-11(15(21)19-23)7-13(14)16(20)22/h1-7,9,23H,8H2,(H,19,21). The lowest BCUT2D eigenvalue weighted by atomic mass is 10.1. The second-order valence-corrected chi connectivity index (χ2v) is 4.98. The van der Waals surface area contributed by atoms with Crippen molar-refractivity contribution in [1.29, 1.82) is 0 Å². The maximum Gasteiger partial charge on any atom is 0.274 e. The largest absolute Gasteiger partial charge is 0.294 e. The first-order chi connectivity index (χ1) is 11.1. The normalized spacial score (nSPS) is 10.7. The maximum atomic E-state index is 12.9. The second kappa shape index (κ2) is 5.98. The minimum atomic E-state index is -0.708. The van der Waals surface area contributed by atoms with E-state index in [4.69, 9.17) is 5.21 Å². The van der Waals surface area contributed by atoms with Gasteiger partial charge >= 0.3 is 0 Å². The summed E-state index contributed by atoms with van der Waals surface area (Å²) in [7, 11) is 0. The Morgan fingerprint density at radius 3 is 2.65 bits per heavy atom. The van der Waals surface area contributed by atoms with Crippen molar-refractivity contribution < 1.29 is 14.4 Å². The van der Waals surface area contributed by atoms with Gasteiger partial charge in [-0.3, -0.25) is 19.4 Å². The Bertz CT molecular complexity index is 935. The van der Waals surface area contributed by atoms with Crippen LogP contribution in [0.4, 0.5) is 4.39 Å². The number of rotatable bonds is 3. The molecule has 1 heterocycles. The Kier molecular flexibility index (Phi) is 3.86. The molecule has 0 fully saturated rings. The van der Waals surface area contributed by atoms with E-state index in [1.165, 1.54) is 46.7 Å². The zero-order chi connectivity index (χ0) is 16.4. The zero-order valence-corrected chi connectivity index (χ0v) is 11.9. The van der Waals surface area contributed by atoms with Gasteiger partial charge in [-0.05, 0) is 35.9 Å². The Hall–Kier alpha value is -3.06. The van der Waals surface area contributed by atoms with Crippen molar-refractivity contribution in [2.45, 2.75) is 6.54 Å². The van der Waals surface area contributed by atoms with E-state index in [2.05, 4.69) is 4.98 Å². The lowest BCUT2D eigenvalue weighted by molar-refractivity contribution is 0.0706. The van der Waals surface area contributed by atoms with Gasteiger partial charge in [0.1, 0.15) is 5.82 Å². The minimum Gasteiger partial charge on any atom is -0.294 e. The van der Waals surface area contributed by atoms with Gasteiger partial charge in [-0.1, -0.05) is 12.1 Å². The third-order valence-corrected chi connectivity index (χ3v) is 3.45. The molecule has 7 heteroatoms. The number of nitrogens with zero attached hydrogens (tertiary/aromatic N) is 2. The van der Waals surface area contributed by atoms with Gasteiger partial charge in [0, 0.05) is 5.56 Å². The van der Waals surface area contributed by atoms with E-state index in [1.807, 2.05) is 0 Å². The van der Waals surface area contributed by atoms with Crippen LogP contribution in [0.1, 0.15) is 15.9 Å². The van der Waals surface area contributed by atoms with Crippen molar-refractivity contribution in [3.05, 3.63) is 76.1 Å². The van der Waals surface area contributed by atoms with E-state index in [1.54, 1.807) is 12.1 Å². The lowest BCUT2D eigenvalue weighted by Crippen LogP contribution is -2.23. The zero-order valence-electron chi connectivity index (χ0n) is 11.9. The van der Waals surface area contributed by atoms with Crippen LogP contribution >= 0.6 is 0 Å². The molecule has 0 aliphatic rings. The van der Waals surface area contributed by atoms with Gasteiger partial charge in [0.05, 0.1) is 23.8 Å². The van der Waals surface area contributed by atoms with E-state index in [-0.39, 0.29) is 28.9 Å². The van der Waals surface area contributed by atoms with Gasteiger partial charge in [0.25, 0.3) is 11.5 Å². The minimum absolute atomic E-state index is 0.151. The highest BCUT2D eigenvalue weighted by Gasteiger charge is 2.09. The monoisotopic (exact) mass is 313 g/mol. The molecule has 0 radical (unpaired) electrons. The SMILES string of the molecule is O=C(NO)c1ccc2ncn(Cc3ccc(F)cc3)c(=O)c2c1. The molecule has 1 aromatic heterocycles. The summed E-state index contributed by atoms with van der Waals surface area (Å²) in [6.45, 7) is 0.235. The molecule has 0 unspecified atom stereocenters. The van der Waals surface area contributed by atoms with Crippen LogP contribution in [0.15, 0.2) is 53.6 Å². The number of fused-ring (bicyclic) bond motifs is 1. The van der Waals surface area contributed by atoms with Crippen molar-refractivity contribution in [2.24, 2.45) is 0 Å². The average Bonchev–Trinajstić information content (AvgIpc) is 2.58. The molecular formula is C16H12FN3O3. The van der Waals surface area contributed by atoms with Gasteiger partial charge < -0.3 is 0 Å². The summed E-state index contributed by atoms with van der Waals surface area (Å²) >= 11 is 0. The Morgan fingerprint density at radius 2 is 1.96 bits per heavy atom. The van der Waals surface area contributed by atoms with Crippen LogP contribution in [0.2, 0.25) is 0 Å². The summed E-state index contributed by atoms with van der Waals surface area (Å²) in [5.74, 6) is -1.06. The molecule has 0 aliphatic heterocycles. The molecule has 0 atom stereocenters. The molecule has 2 N–H and O–H groups in total. The number of carbonyl (C=O) groups is 1. The highest BCUT2D eigenvalue weighted by molar-refractivity contribution is 5.97. The van der Waals surface area contributed by atoms with Crippen LogP contribution in [-0.4, -0.2) is 20.7 Å². The summed E-state index contributed by atoms with van der Waals surface area (Å²) in [6, 6.07) is 10.2. The first kappa shape index (κ1) is 14.9. The van der Waals surface area contributed by atoms with E-state index >= 15 is 0 Å². The highest BCUT2D eigenvalue weighted by Crippen LogP contribution is 2.11. The number of benzene rings is 2. The Labute approximate surface area is 129 Å². The molecule has 0 spiro atoms. The third-order valence-electron chi connectivity index (χ3n) is 3.45. The Morgan fingerprint density at radius 1 is 1.22 bits per heavy atom. The average molecular weight is 313 g/mol.